The molecule has 0 radical (unpaired) electrons. The van der Waals surface area contributed by atoms with Crippen molar-refractivity contribution in [3.63, 3.8) is 0 Å². The number of carbonyl (C=O) groups is 1. The maximum Gasteiger partial charge on any atom is 0.297 e. The third-order valence-electron chi connectivity index (χ3n) is 5.65. The summed E-state index contributed by atoms with van der Waals surface area (Å²) in [4.78, 5) is 33.1. The fourth-order valence-electron chi connectivity index (χ4n) is 4.01. The highest BCUT2D eigenvalue weighted by Gasteiger charge is 2.44. The third kappa shape index (κ3) is 3.13. The Hall–Kier alpha value is -3.71. The molecule has 0 aliphatic carbocycles. The lowest BCUT2D eigenvalue weighted by atomic mass is 9.97. The first kappa shape index (κ1) is 20.2. The number of thiazole rings is 1. The Kier molecular flexibility index (Phi) is 4.90. The van der Waals surface area contributed by atoms with Crippen molar-refractivity contribution in [2.45, 2.75) is 19.9 Å². The Morgan fingerprint density at radius 3 is 2.78 bits per heavy atom. The molecular formula is C25H20N2O4S. The van der Waals surface area contributed by atoms with Gasteiger partial charge in [-0.2, -0.15) is 0 Å². The molecular weight excluding hydrogens is 424 g/mol. The van der Waals surface area contributed by atoms with E-state index in [0.29, 0.717) is 34.0 Å². The van der Waals surface area contributed by atoms with Crippen LogP contribution in [-0.4, -0.2) is 17.5 Å². The number of rotatable bonds is 5. The predicted octanol–water partition coefficient (Wildman–Crippen LogP) is 5.18. The Balaban J connectivity index is 1.77. The minimum atomic E-state index is -0.668. The number of hydrogen-bond donors (Lipinski definition) is 0. The number of fused-ring (bicyclic) bond motifs is 2. The third-order valence-corrected chi connectivity index (χ3v) is 6.42. The molecule has 5 rings (SSSR count). The van der Waals surface area contributed by atoms with Gasteiger partial charge in [-0.3, -0.25) is 14.5 Å². The summed E-state index contributed by atoms with van der Waals surface area (Å²) in [5.41, 5.74) is 3.24. The number of nitrogens with zero attached hydrogens (tertiary/aromatic N) is 2. The van der Waals surface area contributed by atoms with Crippen LogP contribution in [0.2, 0.25) is 0 Å². The summed E-state index contributed by atoms with van der Waals surface area (Å²) in [5.74, 6) is 0.303. The number of benzene rings is 2. The summed E-state index contributed by atoms with van der Waals surface area (Å²) >= 11 is 1.33. The van der Waals surface area contributed by atoms with Gasteiger partial charge in [-0.15, -0.1) is 11.3 Å². The Morgan fingerprint density at radius 1 is 1.22 bits per heavy atom. The van der Waals surface area contributed by atoms with E-state index < -0.39 is 6.04 Å². The molecule has 6 nitrogen and oxygen atoms in total. The van der Waals surface area contributed by atoms with Gasteiger partial charge < -0.3 is 9.15 Å². The van der Waals surface area contributed by atoms with E-state index >= 15 is 0 Å². The van der Waals surface area contributed by atoms with Crippen LogP contribution in [0.5, 0.6) is 5.75 Å². The van der Waals surface area contributed by atoms with Crippen LogP contribution in [0.4, 0.5) is 5.13 Å². The van der Waals surface area contributed by atoms with Crippen LogP contribution >= 0.6 is 11.3 Å². The highest BCUT2D eigenvalue weighted by molar-refractivity contribution is 7.13. The zero-order chi connectivity index (χ0) is 22.4. The molecule has 2 aromatic carbocycles. The van der Waals surface area contributed by atoms with Crippen LogP contribution in [0.15, 0.2) is 69.8 Å². The van der Waals surface area contributed by atoms with Crippen molar-refractivity contribution in [1.29, 1.82) is 0 Å². The zero-order valence-corrected chi connectivity index (χ0v) is 18.4. The molecule has 1 aliphatic rings. The molecule has 0 fully saturated rings. The number of amides is 1. The molecule has 1 aliphatic heterocycles. The number of ether oxygens (including phenoxy) is 1. The molecule has 160 valence electrons. The average Bonchev–Trinajstić information content (AvgIpc) is 3.41. The number of carbonyl (C=O) groups excluding carboxylic acids is 1. The van der Waals surface area contributed by atoms with Crippen LogP contribution in [-0.2, 0) is 0 Å². The van der Waals surface area contributed by atoms with Crippen molar-refractivity contribution in [2.24, 2.45) is 0 Å². The van der Waals surface area contributed by atoms with Crippen LogP contribution in [0, 0.1) is 13.8 Å². The van der Waals surface area contributed by atoms with E-state index in [4.69, 9.17) is 9.15 Å². The van der Waals surface area contributed by atoms with Gasteiger partial charge in [-0.05, 0) is 54.8 Å². The fraction of sp³-hybridized carbons (Fsp3) is 0.160. The Morgan fingerprint density at radius 2 is 2.03 bits per heavy atom. The van der Waals surface area contributed by atoms with E-state index in [1.54, 1.807) is 17.7 Å². The van der Waals surface area contributed by atoms with Gasteiger partial charge in [0.1, 0.15) is 17.9 Å². The van der Waals surface area contributed by atoms with Crippen molar-refractivity contribution in [2.75, 3.05) is 11.5 Å². The lowest BCUT2D eigenvalue weighted by molar-refractivity contribution is 0.0971. The van der Waals surface area contributed by atoms with Crippen molar-refractivity contribution in [1.82, 2.24) is 4.98 Å². The second kappa shape index (κ2) is 7.76. The maximum absolute atomic E-state index is 13.7. The SMILES string of the molecule is C=CCOc1cccc(C2c3c(oc4cc(C)c(C)cc4c3=O)C(=O)N2c2nccs2)c1. The minimum absolute atomic E-state index is 0.0587. The van der Waals surface area contributed by atoms with Gasteiger partial charge in [-0.25, -0.2) is 4.98 Å². The van der Waals surface area contributed by atoms with Crippen LogP contribution in [0.25, 0.3) is 11.0 Å². The largest absolute Gasteiger partial charge is 0.490 e. The van der Waals surface area contributed by atoms with Gasteiger partial charge in [0.2, 0.25) is 5.76 Å². The van der Waals surface area contributed by atoms with Crippen LogP contribution in [0.3, 0.4) is 0 Å². The molecule has 1 atom stereocenters. The molecule has 7 heteroatoms. The predicted molar refractivity (Wildman–Crippen MR) is 125 cm³/mol. The summed E-state index contributed by atoms with van der Waals surface area (Å²) < 4.78 is 11.7. The van der Waals surface area contributed by atoms with Crippen molar-refractivity contribution >= 4 is 33.3 Å². The first-order valence-electron chi connectivity index (χ1n) is 10.1. The lowest BCUT2D eigenvalue weighted by Gasteiger charge is -2.23. The molecule has 32 heavy (non-hydrogen) atoms. The highest BCUT2D eigenvalue weighted by atomic mass is 32.1. The first-order chi connectivity index (χ1) is 15.5. The van der Waals surface area contributed by atoms with Crippen molar-refractivity contribution < 1.29 is 13.9 Å². The highest BCUT2D eigenvalue weighted by Crippen LogP contribution is 2.42. The van der Waals surface area contributed by atoms with E-state index in [1.165, 1.54) is 16.2 Å². The van der Waals surface area contributed by atoms with E-state index in [0.717, 1.165) is 16.7 Å². The van der Waals surface area contributed by atoms with Gasteiger partial charge in [0.05, 0.1) is 17.0 Å². The summed E-state index contributed by atoms with van der Waals surface area (Å²) in [5, 5.41) is 2.76. The number of hydrogen-bond acceptors (Lipinski definition) is 6. The first-order valence-corrected chi connectivity index (χ1v) is 11.0. The smallest absolute Gasteiger partial charge is 0.297 e. The molecule has 0 bridgehead atoms. The quantitative estimate of drug-likeness (QED) is 0.397. The van der Waals surface area contributed by atoms with E-state index in [1.807, 2.05) is 50.2 Å². The molecule has 0 N–H and O–H groups in total. The molecule has 0 saturated heterocycles. The molecule has 2 aromatic heterocycles. The Bertz CT molecular complexity index is 1420. The van der Waals surface area contributed by atoms with E-state index in [2.05, 4.69) is 11.6 Å². The molecule has 1 amide bonds. The molecule has 4 aromatic rings. The van der Waals surface area contributed by atoms with Gasteiger partial charge in [0.25, 0.3) is 5.91 Å². The molecule has 0 saturated carbocycles. The number of aromatic nitrogens is 1. The Labute approximate surface area is 188 Å². The summed E-state index contributed by atoms with van der Waals surface area (Å²) in [6, 6.07) is 10.3. The minimum Gasteiger partial charge on any atom is -0.490 e. The van der Waals surface area contributed by atoms with Crippen molar-refractivity contribution in [3.05, 3.63) is 98.9 Å². The van der Waals surface area contributed by atoms with Gasteiger partial charge in [0, 0.05) is 11.6 Å². The van der Waals surface area contributed by atoms with Gasteiger partial charge >= 0.3 is 0 Å². The lowest BCUT2D eigenvalue weighted by Crippen LogP contribution is -2.29. The van der Waals surface area contributed by atoms with Gasteiger partial charge in [-0.1, -0.05) is 24.8 Å². The fourth-order valence-corrected chi connectivity index (χ4v) is 4.67. The summed E-state index contributed by atoms with van der Waals surface area (Å²) in [6.45, 7) is 7.93. The molecule has 1 unspecified atom stereocenters. The monoisotopic (exact) mass is 444 g/mol. The maximum atomic E-state index is 13.7. The zero-order valence-electron chi connectivity index (χ0n) is 17.6. The average molecular weight is 445 g/mol. The molecule has 3 heterocycles. The number of anilines is 1. The van der Waals surface area contributed by atoms with Crippen LogP contribution in [0.1, 0.15) is 38.9 Å². The summed E-state index contributed by atoms with van der Waals surface area (Å²) in [6.07, 6.45) is 3.30. The number of aryl methyl sites for hydroxylation is 2. The van der Waals surface area contributed by atoms with Gasteiger partial charge in [0.15, 0.2) is 10.6 Å². The second-order valence-corrected chi connectivity index (χ2v) is 8.54. The molecule has 0 spiro atoms. The topological polar surface area (TPSA) is 72.6 Å². The van der Waals surface area contributed by atoms with Crippen molar-refractivity contribution in [3.8, 4) is 5.75 Å². The second-order valence-electron chi connectivity index (χ2n) is 7.67. The van der Waals surface area contributed by atoms with Crippen LogP contribution < -0.4 is 15.1 Å². The summed E-state index contributed by atoms with van der Waals surface area (Å²) in [7, 11) is 0. The standard InChI is InChI=1S/C25H20N2O4S/c1-4-9-30-17-7-5-6-16(13-17)21-20-22(28)18-11-14(2)15(3)12-19(18)31-23(20)24(29)27(21)25-26-8-10-32-25/h4-8,10-13,21H,1,9H2,2-3H3. The van der Waals surface area contributed by atoms with E-state index in [9.17, 15) is 9.59 Å². The normalized spacial score (nSPS) is 15.2. The van der Waals surface area contributed by atoms with E-state index in [-0.39, 0.29) is 17.1 Å².